The Labute approximate surface area is 88.9 Å². The van der Waals surface area contributed by atoms with Gasteiger partial charge in [0.15, 0.2) is 0 Å². The second-order valence-corrected chi connectivity index (χ2v) is 5.28. The molecule has 3 nitrogen and oxygen atoms in total. The fraction of sp³-hybridized carbons (Fsp3) is 0.700. The number of likely N-dealkylation sites (tertiary alicyclic amines) is 1. The topological polar surface area (TPSA) is 42.1 Å². The minimum atomic E-state index is -0.215. The number of rotatable bonds is 1. The van der Waals surface area contributed by atoms with Crippen molar-refractivity contribution in [1.29, 1.82) is 0 Å². The van der Waals surface area contributed by atoms with E-state index in [1.807, 2.05) is 6.92 Å². The molecule has 1 aromatic rings. The molecule has 0 aromatic carbocycles. The van der Waals surface area contributed by atoms with Crippen molar-refractivity contribution in [2.24, 2.45) is 5.73 Å². The maximum Gasteiger partial charge on any atom is 0.114 e. The number of aromatic nitrogens is 1. The van der Waals surface area contributed by atoms with Gasteiger partial charge in [0.05, 0.1) is 5.54 Å². The Morgan fingerprint density at radius 3 is 2.86 bits per heavy atom. The number of hydrogen-bond acceptors (Lipinski definition) is 4. The van der Waals surface area contributed by atoms with Crippen molar-refractivity contribution in [2.75, 3.05) is 13.6 Å². The Hall–Kier alpha value is -0.450. The van der Waals surface area contributed by atoms with Crippen LogP contribution >= 0.6 is 11.3 Å². The smallest absolute Gasteiger partial charge is 0.114 e. The molecule has 0 radical (unpaired) electrons. The quantitative estimate of drug-likeness (QED) is 0.762. The molecule has 4 heteroatoms. The van der Waals surface area contributed by atoms with Crippen LogP contribution in [0.4, 0.5) is 0 Å². The van der Waals surface area contributed by atoms with Crippen LogP contribution < -0.4 is 5.73 Å². The van der Waals surface area contributed by atoms with E-state index in [1.165, 1.54) is 0 Å². The van der Waals surface area contributed by atoms with Crippen molar-refractivity contribution < 1.29 is 0 Å². The molecule has 2 unspecified atom stereocenters. The largest absolute Gasteiger partial charge is 0.318 e. The van der Waals surface area contributed by atoms with Gasteiger partial charge in [-0.05, 0) is 27.3 Å². The van der Waals surface area contributed by atoms with Gasteiger partial charge in [0.2, 0.25) is 0 Å². The molecule has 0 spiro atoms. The van der Waals surface area contributed by atoms with Crippen LogP contribution in [0.1, 0.15) is 24.0 Å². The van der Waals surface area contributed by atoms with E-state index in [-0.39, 0.29) is 5.54 Å². The Morgan fingerprint density at radius 1 is 1.71 bits per heavy atom. The highest BCUT2D eigenvalue weighted by Crippen LogP contribution is 2.34. The molecule has 0 saturated carbocycles. The molecule has 78 valence electrons. The zero-order valence-electron chi connectivity index (χ0n) is 8.95. The van der Waals surface area contributed by atoms with Crippen LogP contribution in [0.2, 0.25) is 0 Å². The van der Waals surface area contributed by atoms with Gasteiger partial charge in [0.1, 0.15) is 5.01 Å². The molecule has 1 aliphatic heterocycles. The number of thiazole rings is 1. The third-order valence-electron chi connectivity index (χ3n) is 2.99. The normalized spacial score (nSPS) is 33.9. The van der Waals surface area contributed by atoms with E-state index in [0.717, 1.165) is 23.7 Å². The predicted octanol–water partition coefficient (Wildman–Crippen LogP) is 1.33. The molecule has 1 aliphatic rings. The fourth-order valence-corrected chi connectivity index (χ4v) is 3.00. The van der Waals surface area contributed by atoms with Crippen LogP contribution in [0.25, 0.3) is 0 Å². The molecule has 1 fully saturated rings. The summed E-state index contributed by atoms with van der Waals surface area (Å²) in [4.78, 5) is 6.80. The van der Waals surface area contributed by atoms with Gasteiger partial charge in [-0.2, -0.15) is 0 Å². The molecule has 1 aromatic heterocycles. The lowest BCUT2D eigenvalue weighted by Crippen LogP contribution is -2.38. The van der Waals surface area contributed by atoms with Crippen LogP contribution in [0.3, 0.4) is 0 Å². The fourth-order valence-electron chi connectivity index (χ4n) is 2.09. The number of nitrogens with two attached hydrogens (primary N) is 1. The van der Waals surface area contributed by atoms with Crippen molar-refractivity contribution in [3.05, 3.63) is 16.1 Å². The highest BCUT2D eigenvalue weighted by Gasteiger charge is 2.40. The summed E-state index contributed by atoms with van der Waals surface area (Å²) in [5, 5.41) is 3.17. The molecule has 14 heavy (non-hydrogen) atoms. The summed E-state index contributed by atoms with van der Waals surface area (Å²) < 4.78 is 0. The van der Waals surface area contributed by atoms with Crippen molar-refractivity contribution in [1.82, 2.24) is 9.88 Å². The average Bonchev–Trinajstić information content (AvgIpc) is 2.60. The summed E-state index contributed by atoms with van der Waals surface area (Å²) in [6.07, 6.45) is 1.01. The van der Waals surface area contributed by atoms with Gasteiger partial charge in [0, 0.05) is 23.7 Å². The highest BCUT2D eigenvalue weighted by molar-refractivity contribution is 7.09. The van der Waals surface area contributed by atoms with E-state index in [1.54, 1.807) is 11.3 Å². The predicted molar refractivity (Wildman–Crippen MR) is 59.4 cm³/mol. The summed E-state index contributed by atoms with van der Waals surface area (Å²) in [5.41, 5.74) is 7.25. The molecule has 2 rings (SSSR count). The first kappa shape index (κ1) is 10.1. The summed E-state index contributed by atoms with van der Waals surface area (Å²) >= 11 is 1.69. The van der Waals surface area contributed by atoms with Gasteiger partial charge in [-0.25, -0.2) is 4.98 Å². The minimum Gasteiger partial charge on any atom is -0.318 e. The van der Waals surface area contributed by atoms with Gasteiger partial charge in [-0.3, -0.25) is 0 Å². The highest BCUT2D eigenvalue weighted by atomic mass is 32.1. The van der Waals surface area contributed by atoms with Crippen LogP contribution in [0.15, 0.2) is 5.38 Å². The van der Waals surface area contributed by atoms with E-state index in [2.05, 4.69) is 29.2 Å². The van der Waals surface area contributed by atoms with Crippen LogP contribution in [-0.4, -0.2) is 29.5 Å². The Morgan fingerprint density at radius 2 is 2.43 bits per heavy atom. The van der Waals surface area contributed by atoms with E-state index in [0.29, 0.717) is 6.04 Å². The van der Waals surface area contributed by atoms with Gasteiger partial charge in [-0.1, -0.05) is 0 Å². The molecule has 0 aliphatic carbocycles. The Kier molecular flexibility index (Phi) is 2.37. The Balaban J connectivity index is 2.26. The zero-order valence-corrected chi connectivity index (χ0v) is 9.77. The van der Waals surface area contributed by atoms with E-state index >= 15 is 0 Å². The minimum absolute atomic E-state index is 0.215. The summed E-state index contributed by atoms with van der Waals surface area (Å²) in [5.74, 6) is 0. The number of hydrogen-bond donors (Lipinski definition) is 1. The van der Waals surface area contributed by atoms with Gasteiger partial charge < -0.3 is 10.6 Å². The molecule has 0 amide bonds. The maximum absolute atomic E-state index is 6.38. The molecular weight excluding hydrogens is 194 g/mol. The first-order chi connectivity index (χ1) is 6.51. The molecule has 1 saturated heterocycles. The van der Waals surface area contributed by atoms with E-state index in [9.17, 15) is 0 Å². The third-order valence-corrected chi connectivity index (χ3v) is 4.17. The van der Waals surface area contributed by atoms with E-state index in [4.69, 9.17) is 5.73 Å². The second-order valence-electron chi connectivity index (χ2n) is 4.42. The summed E-state index contributed by atoms with van der Waals surface area (Å²) in [6, 6.07) is 0.559. The van der Waals surface area contributed by atoms with Crippen molar-refractivity contribution in [2.45, 2.75) is 31.8 Å². The molecule has 2 N–H and O–H groups in total. The number of nitrogens with zero attached hydrogens (tertiary/aromatic N) is 2. The standard InChI is InChI=1S/C10H17N3S/c1-7-5-14-9(12-7)10(11)4-8(2)13(3)6-10/h5,8H,4,6,11H2,1-3H3. The first-order valence-electron chi connectivity index (χ1n) is 4.93. The maximum atomic E-state index is 6.38. The molecule has 2 atom stereocenters. The van der Waals surface area contributed by atoms with E-state index < -0.39 is 0 Å². The van der Waals surface area contributed by atoms with Crippen molar-refractivity contribution in [3.8, 4) is 0 Å². The molecule has 2 heterocycles. The third kappa shape index (κ3) is 1.58. The van der Waals surface area contributed by atoms with Crippen molar-refractivity contribution in [3.63, 3.8) is 0 Å². The monoisotopic (exact) mass is 211 g/mol. The number of aryl methyl sites for hydroxylation is 1. The van der Waals surface area contributed by atoms with Gasteiger partial charge >= 0.3 is 0 Å². The lowest BCUT2D eigenvalue weighted by Gasteiger charge is -2.20. The van der Waals surface area contributed by atoms with Crippen LogP contribution in [-0.2, 0) is 5.54 Å². The summed E-state index contributed by atoms with van der Waals surface area (Å²) in [7, 11) is 2.12. The SMILES string of the molecule is Cc1csc(C2(N)CC(C)N(C)C2)n1. The lowest BCUT2D eigenvalue weighted by molar-refractivity contribution is 0.320. The zero-order chi connectivity index (χ0) is 10.3. The van der Waals surface area contributed by atoms with Crippen LogP contribution in [0, 0.1) is 6.92 Å². The van der Waals surface area contributed by atoms with Crippen molar-refractivity contribution >= 4 is 11.3 Å². The van der Waals surface area contributed by atoms with Gasteiger partial charge in [-0.15, -0.1) is 11.3 Å². The lowest BCUT2D eigenvalue weighted by atomic mass is 9.99. The average molecular weight is 211 g/mol. The first-order valence-corrected chi connectivity index (χ1v) is 5.81. The molecule has 0 bridgehead atoms. The van der Waals surface area contributed by atoms with Gasteiger partial charge in [0.25, 0.3) is 0 Å². The summed E-state index contributed by atoms with van der Waals surface area (Å²) in [6.45, 7) is 5.15. The van der Waals surface area contributed by atoms with Crippen LogP contribution in [0.5, 0.6) is 0 Å². The molecular formula is C10H17N3S. The Bertz CT molecular complexity index is 324. The number of likely N-dealkylation sites (N-methyl/N-ethyl adjacent to an activating group) is 1. The second kappa shape index (κ2) is 3.29.